The maximum Gasteiger partial charge on any atom is 0.249 e. The Balaban J connectivity index is 0. The first-order valence-electron chi connectivity index (χ1n) is 12.7. The molecule has 0 saturated heterocycles. The van der Waals surface area contributed by atoms with Gasteiger partial charge < -0.3 is 46.8 Å². The van der Waals surface area contributed by atoms with E-state index in [4.69, 9.17) is 5.11 Å². The fourth-order valence-corrected chi connectivity index (χ4v) is 4.25. The van der Waals surface area contributed by atoms with Gasteiger partial charge in [0.25, 0.3) is 0 Å². The topological polar surface area (TPSA) is 218 Å². The molecule has 0 aromatic rings. The summed E-state index contributed by atoms with van der Waals surface area (Å²) < 4.78 is 0. The van der Waals surface area contributed by atoms with E-state index < -0.39 is 34.9 Å². The molecule has 0 spiro atoms. The van der Waals surface area contributed by atoms with Gasteiger partial charge in [0.2, 0.25) is 23.6 Å². The van der Waals surface area contributed by atoms with Crippen molar-refractivity contribution in [3.05, 3.63) is 0 Å². The Bertz CT molecular complexity index is 670. The summed E-state index contributed by atoms with van der Waals surface area (Å²) in [6, 6.07) is 0. The molecule has 4 amide bonds. The molecule has 9 N–H and O–H groups in total. The van der Waals surface area contributed by atoms with Gasteiger partial charge in [-0.05, 0) is 6.92 Å². The molecule has 2 unspecified atom stereocenters. The van der Waals surface area contributed by atoms with Crippen LogP contribution >= 0.6 is 21.6 Å². The first kappa shape index (κ1) is 39.5. The zero-order valence-corrected chi connectivity index (χ0v) is 25.3. The van der Waals surface area contributed by atoms with Gasteiger partial charge in [-0.25, -0.2) is 0 Å². The first-order valence-corrected chi connectivity index (χ1v) is 15.2. The average molecular weight is 601 g/mol. The fourth-order valence-electron chi connectivity index (χ4n) is 2.43. The number of rotatable bonds is 19. The molecule has 0 radical (unpaired) electrons. The lowest BCUT2D eigenvalue weighted by Gasteiger charge is -2.27. The predicted octanol–water partition coefficient (Wildman–Crippen LogP) is -1.63. The highest BCUT2D eigenvalue weighted by molar-refractivity contribution is 8.76. The van der Waals surface area contributed by atoms with Crippen LogP contribution in [0.2, 0.25) is 0 Å². The van der Waals surface area contributed by atoms with Crippen LogP contribution in [-0.2, 0) is 19.2 Å². The van der Waals surface area contributed by atoms with Crippen molar-refractivity contribution in [3.8, 4) is 0 Å². The van der Waals surface area contributed by atoms with Crippen molar-refractivity contribution in [3.63, 3.8) is 0 Å². The monoisotopic (exact) mass is 600 g/mol. The molecule has 39 heavy (non-hydrogen) atoms. The predicted molar refractivity (Wildman–Crippen MR) is 153 cm³/mol. The van der Waals surface area contributed by atoms with Crippen molar-refractivity contribution in [1.82, 2.24) is 21.3 Å². The molecule has 0 aliphatic rings. The van der Waals surface area contributed by atoms with Crippen LogP contribution in [0.15, 0.2) is 0 Å². The number of hydrogen-bond acceptors (Lipinski definition) is 11. The number of carbonyl (C=O) groups excluding carboxylic acids is 4. The summed E-state index contributed by atoms with van der Waals surface area (Å²) in [5.41, 5.74) is -1.94. The second kappa shape index (κ2) is 22.1. The van der Waals surface area contributed by atoms with Crippen LogP contribution < -0.4 is 21.3 Å². The summed E-state index contributed by atoms with van der Waals surface area (Å²) in [5.74, 6) is -0.428. The van der Waals surface area contributed by atoms with Gasteiger partial charge in [-0.3, -0.25) is 19.2 Å². The standard InChI is InChI=1S/C22H42N4O8S2.C2H6O/c1-21(2,13-27)17(31)19(33)25-7-5-15(29)23-9-11-35-36-12-10-24-16(30)6-8-26-20(34)18(32)22(3,4)14-28;1-2-3/h17-18,27-28,31-32H,5-14H2,1-4H3,(H,23,29)(H,24,30)(H,25,33)(H,26,34);3H,2H2,1H3. The van der Waals surface area contributed by atoms with Crippen molar-refractivity contribution in [2.45, 2.75) is 59.7 Å². The zero-order valence-electron chi connectivity index (χ0n) is 23.6. The fraction of sp³-hybridized carbons (Fsp3) is 0.833. The Kier molecular flexibility index (Phi) is 22.4. The van der Waals surface area contributed by atoms with E-state index in [9.17, 15) is 39.6 Å². The van der Waals surface area contributed by atoms with Crippen LogP contribution in [0.25, 0.3) is 0 Å². The third-order valence-electron chi connectivity index (χ3n) is 5.19. The molecule has 0 aromatic heterocycles. The van der Waals surface area contributed by atoms with Gasteiger partial charge in [-0.1, -0.05) is 49.3 Å². The molecule has 0 bridgehead atoms. The molecule has 0 aliphatic heterocycles. The lowest BCUT2D eigenvalue weighted by Crippen LogP contribution is -2.46. The minimum Gasteiger partial charge on any atom is -0.397 e. The summed E-state index contributed by atoms with van der Waals surface area (Å²) in [7, 11) is 3.07. The smallest absolute Gasteiger partial charge is 0.249 e. The highest BCUT2D eigenvalue weighted by Gasteiger charge is 2.33. The number of nitrogens with one attached hydrogen (secondary N) is 4. The second-order valence-corrected chi connectivity index (χ2v) is 12.5. The third kappa shape index (κ3) is 19.2. The molecule has 13 nitrogen and oxygen atoms in total. The number of carbonyl (C=O) groups is 4. The first-order chi connectivity index (χ1) is 18.2. The summed E-state index contributed by atoms with van der Waals surface area (Å²) in [4.78, 5) is 47.3. The zero-order chi connectivity index (χ0) is 30.5. The van der Waals surface area contributed by atoms with Crippen LogP contribution in [0.5, 0.6) is 0 Å². The molecule has 0 rings (SSSR count). The van der Waals surface area contributed by atoms with E-state index in [-0.39, 0.29) is 57.6 Å². The molecule has 230 valence electrons. The van der Waals surface area contributed by atoms with E-state index in [1.165, 1.54) is 21.6 Å². The maximum atomic E-state index is 11.8. The minimum absolute atomic E-state index is 0.0699. The van der Waals surface area contributed by atoms with Crippen molar-refractivity contribution in [2.75, 3.05) is 57.5 Å². The van der Waals surface area contributed by atoms with Crippen molar-refractivity contribution >= 4 is 45.2 Å². The molecule has 0 fully saturated rings. The van der Waals surface area contributed by atoms with E-state index in [2.05, 4.69) is 21.3 Å². The van der Waals surface area contributed by atoms with Crippen LogP contribution in [-0.4, -0.2) is 119 Å². The number of aliphatic hydroxyl groups excluding tert-OH is 5. The van der Waals surface area contributed by atoms with Gasteiger partial charge in [0.05, 0.1) is 13.2 Å². The van der Waals surface area contributed by atoms with Gasteiger partial charge in [0.1, 0.15) is 12.2 Å². The van der Waals surface area contributed by atoms with Gasteiger partial charge in [-0.2, -0.15) is 0 Å². The molecule has 0 saturated carbocycles. The quantitative estimate of drug-likeness (QED) is 0.0605. The lowest BCUT2D eigenvalue weighted by molar-refractivity contribution is -0.137. The summed E-state index contributed by atoms with van der Waals surface area (Å²) in [6.45, 7) is 8.52. The van der Waals surface area contributed by atoms with Crippen molar-refractivity contribution in [1.29, 1.82) is 0 Å². The number of amides is 4. The third-order valence-corrected chi connectivity index (χ3v) is 7.60. The molecule has 0 aromatic carbocycles. The Labute approximate surface area is 239 Å². The maximum absolute atomic E-state index is 11.8. The number of aliphatic hydroxyl groups is 5. The Hall–Kier alpha value is -1.62. The molecule has 0 aliphatic carbocycles. The Morgan fingerprint density at radius 2 is 0.949 bits per heavy atom. The molecule has 0 heterocycles. The van der Waals surface area contributed by atoms with Gasteiger partial charge >= 0.3 is 0 Å². The molecule has 15 heteroatoms. The Morgan fingerprint density at radius 3 is 1.23 bits per heavy atom. The number of hydrogen-bond donors (Lipinski definition) is 9. The summed E-state index contributed by atoms with van der Waals surface area (Å²) in [5, 5.41) is 56.1. The Morgan fingerprint density at radius 1 is 0.641 bits per heavy atom. The average Bonchev–Trinajstić information content (AvgIpc) is 2.89. The molecular weight excluding hydrogens is 552 g/mol. The van der Waals surface area contributed by atoms with Crippen LogP contribution in [0.3, 0.4) is 0 Å². The highest BCUT2D eigenvalue weighted by atomic mass is 33.1. The van der Waals surface area contributed by atoms with Crippen molar-refractivity contribution in [2.24, 2.45) is 10.8 Å². The van der Waals surface area contributed by atoms with E-state index in [1.54, 1.807) is 34.6 Å². The second-order valence-electron chi connectivity index (χ2n) is 9.84. The van der Waals surface area contributed by atoms with Gasteiger partial charge in [-0.15, -0.1) is 0 Å². The minimum atomic E-state index is -1.37. The van der Waals surface area contributed by atoms with Crippen LogP contribution in [0.4, 0.5) is 0 Å². The SMILES string of the molecule is CC(C)(CO)C(O)C(=O)NCCC(=O)NCCSSCCNC(=O)CCNC(=O)C(O)C(C)(C)CO.CCO. The van der Waals surface area contributed by atoms with E-state index in [0.29, 0.717) is 24.6 Å². The van der Waals surface area contributed by atoms with Crippen molar-refractivity contribution < 1.29 is 44.7 Å². The van der Waals surface area contributed by atoms with Gasteiger partial charge in [0, 0.05) is 68.0 Å². The molecular formula is C24H48N4O9S2. The lowest BCUT2D eigenvalue weighted by atomic mass is 9.87. The van der Waals surface area contributed by atoms with Crippen LogP contribution in [0, 0.1) is 10.8 Å². The normalized spacial score (nSPS) is 12.9. The van der Waals surface area contributed by atoms with E-state index in [1.807, 2.05) is 0 Å². The van der Waals surface area contributed by atoms with Crippen LogP contribution in [0.1, 0.15) is 47.5 Å². The summed E-state index contributed by atoms with van der Waals surface area (Å²) in [6.07, 6.45) is -2.59. The highest BCUT2D eigenvalue weighted by Crippen LogP contribution is 2.20. The van der Waals surface area contributed by atoms with E-state index in [0.717, 1.165) is 0 Å². The van der Waals surface area contributed by atoms with E-state index >= 15 is 0 Å². The summed E-state index contributed by atoms with van der Waals surface area (Å²) >= 11 is 0. The largest absolute Gasteiger partial charge is 0.397 e. The van der Waals surface area contributed by atoms with Gasteiger partial charge in [0.15, 0.2) is 0 Å². The molecule has 2 atom stereocenters.